The summed E-state index contributed by atoms with van der Waals surface area (Å²) in [5, 5.41) is 0. The lowest BCUT2D eigenvalue weighted by Crippen LogP contribution is -2.38. The molecular weight excluding hydrogens is 318 g/mol. The number of carbonyl (C=O) groups excluding carboxylic acids is 1. The van der Waals surface area contributed by atoms with Gasteiger partial charge in [-0.15, -0.1) is 0 Å². The summed E-state index contributed by atoms with van der Waals surface area (Å²) in [5.41, 5.74) is 0.620. The topological polar surface area (TPSA) is 48.0 Å². The maximum atomic E-state index is 12.7. The summed E-state index contributed by atoms with van der Waals surface area (Å²) in [6.45, 7) is 12.0. The van der Waals surface area contributed by atoms with Gasteiger partial charge < -0.3 is 19.1 Å². The molecule has 1 atom stereocenters. The molecule has 1 aromatic rings. The largest absolute Gasteiger partial charge is 0.493 e. The number of amides is 1. The molecule has 0 saturated heterocycles. The van der Waals surface area contributed by atoms with Crippen molar-refractivity contribution >= 4 is 5.91 Å². The molecule has 0 aliphatic heterocycles. The third kappa shape index (κ3) is 7.34. The van der Waals surface area contributed by atoms with E-state index in [1.165, 1.54) is 0 Å². The Balaban J connectivity index is 0.00000277. The van der Waals surface area contributed by atoms with Gasteiger partial charge in [0.2, 0.25) is 0 Å². The number of nitrogens with zero attached hydrogens (tertiary/aromatic N) is 1. The van der Waals surface area contributed by atoms with E-state index in [4.69, 9.17) is 14.2 Å². The molecule has 0 aliphatic carbocycles. The molecule has 0 radical (unpaired) electrons. The van der Waals surface area contributed by atoms with E-state index >= 15 is 0 Å². The monoisotopic (exact) mass is 353 g/mol. The van der Waals surface area contributed by atoms with Crippen molar-refractivity contribution in [2.45, 2.75) is 53.5 Å². The molecule has 0 unspecified atom stereocenters. The molecule has 0 spiro atoms. The first-order valence-corrected chi connectivity index (χ1v) is 9.19. The minimum atomic E-state index is 0.0197. The van der Waals surface area contributed by atoms with Crippen LogP contribution >= 0.6 is 0 Å². The summed E-state index contributed by atoms with van der Waals surface area (Å²) in [4.78, 5) is 14.6. The molecule has 25 heavy (non-hydrogen) atoms. The minimum Gasteiger partial charge on any atom is -0.493 e. The molecule has 1 amide bonds. The second-order valence-corrected chi connectivity index (χ2v) is 5.41. The molecule has 0 aliphatic rings. The number of hydrogen-bond donors (Lipinski definition) is 0. The van der Waals surface area contributed by atoms with Crippen molar-refractivity contribution < 1.29 is 19.0 Å². The normalized spacial score (nSPS) is 11.2. The summed E-state index contributed by atoms with van der Waals surface area (Å²) in [5.74, 6) is 1.24. The first kappa shape index (κ1) is 23.2. The summed E-state index contributed by atoms with van der Waals surface area (Å²) in [7, 11) is 3.25. The van der Waals surface area contributed by atoms with Crippen molar-refractivity contribution in [1.29, 1.82) is 0 Å². The van der Waals surface area contributed by atoms with Crippen molar-refractivity contribution in [3.8, 4) is 11.5 Å². The highest BCUT2D eigenvalue weighted by molar-refractivity contribution is 5.95. The average molecular weight is 354 g/mol. The number of methoxy groups -OCH3 is 2. The van der Waals surface area contributed by atoms with Gasteiger partial charge in [0.05, 0.1) is 13.7 Å². The van der Waals surface area contributed by atoms with E-state index in [0.29, 0.717) is 36.8 Å². The van der Waals surface area contributed by atoms with Gasteiger partial charge in [0, 0.05) is 38.3 Å². The van der Waals surface area contributed by atoms with E-state index in [9.17, 15) is 4.79 Å². The fraction of sp³-hybridized carbons (Fsp3) is 0.650. The lowest BCUT2D eigenvalue weighted by molar-refractivity contribution is 0.0699. The highest BCUT2D eigenvalue weighted by atomic mass is 16.5. The van der Waals surface area contributed by atoms with Crippen LogP contribution in [0, 0.1) is 0 Å². The molecule has 144 valence electrons. The maximum absolute atomic E-state index is 12.7. The Morgan fingerprint density at radius 1 is 1.12 bits per heavy atom. The van der Waals surface area contributed by atoms with E-state index in [-0.39, 0.29) is 11.9 Å². The van der Waals surface area contributed by atoms with Crippen LogP contribution in [0.5, 0.6) is 11.5 Å². The second-order valence-electron chi connectivity index (χ2n) is 5.41. The second kappa shape index (κ2) is 13.5. The van der Waals surface area contributed by atoms with Crippen LogP contribution in [-0.4, -0.2) is 50.8 Å². The van der Waals surface area contributed by atoms with Gasteiger partial charge in [0.25, 0.3) is 5.91 Å². The summed E-state index contributed by atoms with van der Waals surface area (Å²) < 4.78 is 16.1. The van der Waals surface area contributed by atoms with Gasteiger partial charge >= 0.3 is 0 Å². The standard InChI is InChI=1S/C18H29NO4.C2H6/c1-6-14(3)19(7-2)18(20)15-9-10-16(22-5)17(13-15)23-12-8-11-21-4;1-2/h9-10,13-14H,6-8,11-12H2,1-5H3;1-2H3/t14-;/m1./s1. The SMILES string of the molecule is CC.CC[C@@H](C)N(CC)C(=O)c1ccc(OC)c(OCCCOC)c1. The Labute approximate surface area is 153 Å². The van der Waals surface area contributed by atoms with E-state index < -0.39 is 0 Å². The maximum Gasteiger partial charge on any atom is 0.254 e. The molecular formula is C20H35NO4. The fourth-order valence-electron chi connectivity index (χ4n) is 2.35. The van der Waals surface area contributed by atoms with Gasteiger partial charge in [0.1, 0.15) is 0 Å². The zero-order valence-electron chi connectivity index (χ0n) is 16.9. The Morgan fingerprint density at radius 3 is 2.32 bits per heavy atom. The molecule has 0 saturated carbocycles. The Morgan fingerprint density at radius 2 is 1.80 bits per heavy atom. The number of hydrogen-bond acceptors (Lipinski definition) is 4. The van der Waals surface area contributed by atoms with Gasteiger partial charge in [-0.25, -0.2) is 0 Å². The summed E-state index contributed by atoms with van der Waals surface area (Å²) >= 11 is 0. The van der Waals surface area contributed by atoms with Crippen LogP contribution in [0.4, 0.5) is 0 Å². The predicted molar refractivity (Wildman–Crippen MR) is 103 cm³/mol. The van der Waals surface area contributed by atoms with Crippen LogP contribution in [0.25, 0.3) is 0 Å². The van der Waals surface area contributed by atoms with Crippen LogP contribution in [0.15, 0.2) is 18.2 Å². The quantitative estimate of drug-likeness (QED) is 0.585. The zero-order chi connectivity index (χ0) is 19.2. The highest BCUT2D eigenvalue weighted by Crippen LogP contribution is 2.29. The summed E-state index contributed by atoms with van der Waals surface area (Å²) in [6.07, 6.45) is 1.71. The third-order valence-corrected chi connectivity index (χ3v) is 3.89. The summed E-state index contributed by atoms with van der Waals surface area (Å²) in [6, 6.07) is 5.54. The lowest BCUT2D eigenvalue weighted by atomic mass is 10.1. The minimum absolute atomic E-state index is 0.0197. The first-order chi connectivity index (χ1) is 12.1. The molecule has 0 N–H and O–H groups in total. The van der Waals surface area contributed by atoms with Crippen LogP contribution in [0.2, 0.25) is 0 Å². The van der Waals surface area contributed by atoms with Crippen molar-refractivity contribution in [2.24, 2.45) is 0 Å². The molecule has 1 aromatic carbocycles. The smallest absolute Gasteiger partial charge is 0.254 e. The highest BCUT2D eigenvalue weighted by Gasteiger charge is 2.20. The van der Waals surface area contributed by atoms with Crippen molar-refractivity contribution in [1.82, 2.24) is 4.90 Å². The van der Waals surface area contributed by atoms with Crippen LogP contribution < -0.4 is 9.47 Å². The number of benzene rings is 1. The molecule has 0 bridgehead atoms. The molecule has 5 heteroatoms. The van der Waals surface area contributed by atoms with Gasteiger partial charge in [-0.1, -0.05) is 20.8 Å². The van der Waals surface area contributed by atoms with Crippen molar-refractivity contribution in [3.63, 3.8) is 0 Å². The van der Waals surface area contributed by atoms with Crippen molar-refractivity contribution in [2.75, 3.05) is 34.0 Å². The third-order valence-electron chi connectivity index (χ3n) is 3.89. The molecule has 0 aromatic heterocycles. The van der Waals surface area contributed by atoms with Crippen LogP contribution in [-0.2, 0) is 4.74 Å². The van der Waals surface area contributed by atoms with Gasteiger partial charge in [-0.3, -0.25) is 4.79 Å². The average Bonchev–Trinajstić information content (AvgIpc) is 2.66. The van der Waals surface area contributed by atoms with E-state index in [0.717, 1.165) is 12.8 Å². The molecule has 1 rings (SSSR count). The number of rotatable bonds is 10. The first-order valence-electron chi connectivity index (χ1n) is 9.19. The Hall–Kier alpha value is -1.75. The van der Waals surface area contributed by atoms with Crippen molar-refractivity contribution in [3.05, 3.63) is 23.8 Å². The van der Waals surface area contributed by atoms with Gasteiger partial charge in [-0.2, -0.15) is 0 Å². The Kier molecular flexibility index (Phi) is 12.6. The van der Waals surface area contributed by atoms with Gasteiger partial charge in [0.15, 0.2) is 11.5 Å². The van der Waals surface area contributed by atoms with Crippen LogP contribution in [0.1, 0.15) is 57.8 Å². The zero-order valence-corrected chi connectivity index (χ0v) is 16.9. The predicted octanol–water partition coefficient (Wildman–Crippen LogP) is 4.40. The fourth-order valence-corrected chi connectivity index (χ4v) is 2.35. The number of ether oxygens (including phenoxy) is 3. The molecule has 5 nitrogen and oxygen atoms in total. The lowest BCUT2D eigenvalue weighted by Gasteiger charge is -2.27. The van der Waals surface area contributed by atoms with E-state index in [2.05, 4.69) is 13.8 Å². The van der Waals surface area contributed by atoms with Gasteiger partial charge in [-0.05, 0) is 38.5 Å². The van der Waals surface area contributed by atoms with Crippen LogP contribution in [0.3, 0.4) is 0 Å². The van der Waals surface area contributed by atoms with E-state index in [1.54, 1.807) is 32.4 Å². The van der Waals surface area contributed by atoms with E-state index in [1.807, 2.05) is 25.7 Å². The number of carbonyl (C=O) groups is 1. The molecule has 0 heterocycles. The molecule has 0 fully saturated rings. The Bertz CT molecular complexity index is 491.